The van der Waals surface area contributed by atoms with Crippen LogP contribution in [0.5, 0.6) is 5.75 Å². The van der Waals surface area contributed by atoms with Crippen molar-refractivity contribution in [3.05, 3.63) is 54.5 Å². The van der Waals surface area contributed by atoms with Crippen LogP contribution >= 0.6 is 0 Å². The number of ether oxygens (including phenoxy) is 1. The van der Waals surface area contributed by atoms with E-state index in [1.165, 1.54) is 0 Å². The minimum Gasteiger partial charge on any atom is -0.497 e. The maximum atomic E-state index is 6.00. The molecule has 0 radical (unpaired) electrons. The average molecular weight is 269 g/mol. The normalized spacial score (nSPS) is 10.7. The molecule has 0 amide bonds. The van der Waals surface area contributed by atoms with Crippen molar-refractivity contribution < 1.29 is 9.15 Å². The van der Waals surface area contributed by atoms with Crippen LogP contribution < -0.4 is 10.5 Å². The minimum absolute atomic E-state index is 0.619. The number of anilines is 1. The van der Waals surface area contributed by atoms with E-state index in [4.69, 9.17) is 14.9 Å². The molecule has 1 aromatic carbocycles. The third-order valence-electron chi connectivity index (χ3n) is 3.12. The molecule has 0 aliphatic heterocycles. The highest BCUT2D eigenvalue weighted by Gasteiger charge is 2.08. The summed E-state index contributed by atoms with van der Waals surface area (Å²) in [6, 6.07) is 11.5. The quantitative estimate of drug-likeness (QED) is 0.791. The second-order valence-electron chi connectivity index (χ2n) is 4.47. The molecule has 20 heavy (non-hydrogen) atoms. The Hall–Kier alpha value is -2.69. The van der Waals surface area contributed by atoms with Gasteiger partial charge in [-0.3, -0.25) is 0 Å². The van der Waals surface area contributed by atoms with Crippen molar-refractivity contribution in [1.82, 2.24) is 9.78 Å². The molecule has 0 bridgehead atoms. The van der Waals surface area contributed by atoms with Crippen LogP contribution in [-0.4, -0.2) is 16.9 Å². The molecule has 102 valence electrons. The molecular formula is C15H15N3O2. The molecule has 0 aliphatic rings. The van der Waals surface area contributed by atoms with Gasteiger partial charge in [0, 0.05) is 11.6 Å². The number of furan rings is 1. The van der Waals surface area contributed by atoms with Crippen molar-refractivity contribution in [1.29, 1.82) is 0 Å². The van der Waals surface area contributed by atoms with Crippen LogP contribution in [0.2, 0.25) is 0 Å². The Morgan fingerprint density at radius 2 is 2.05 bits per heavy atom. The molecule has 0 aliphatic carbocycles. The van der Waals surface area contributed by atoms with E-state index in [-0.39, 0.29) is 0 Å². The smallest absolute Gasteiger partial charge is 0.122 e. The van der Waals surface area contributed by atoms with Crippen LogP contribution in [0.4, 0.5) is 5.82 Å². The Bertz CT molecular complexity index is 684. The van der Waals surface area contributed by atoms with Crippen LogP contribution in [0, 0.1) is 0 Å². The lowest BCUT2D eigenvalue weighted by molar-refractivity contribution is 0.414. The minimum atomic E-state index is 0.619. The fourth-order valence-corrected chi connectivity index (χ4v) is 2.01. The van der Waals surface area contributed by atoms with Crippen LogP contribution in [0.25, 0.3) is 11.3 Å². The van der Waals surface area contributed by atoms with Crippen molar-refractivity contribution in [3.8, 4) is 17.0 Å². The third-order valence-corrected chi connectivity index (χ3v) is 3.12. The van der Waals surface area contributed by atoms with E-state index in [0.29, 0.717) is 12.4 Å². The second-order valence-corrected chi connectivity index (χ2v) is 4.47. The molecular weight excluding hydrogens is 254 g/mol. The number of nitrogens with zero attached hydrogens (tertiary/aromatic N) is 2. The summed E-state index contributed by atoms with van der Waals surface area (Å²) < 4.78 is 12.0. The molecule has 0 spiro atoms. The lowest BCUT2D eigenvalue weighted by Gasteiger charge is -2.05. The predicted octanol–water partition coefficient (Wildman–Crippen LogP) is 2.78. The molecule has 3 aromatic rings. The van der Waals surface area contributed by atoms with Gasteiger partial charge in [-0.25, -0.2) is 4.68 Å². The van der Waals surface area contributed by atoms with Gasteiger partial charge in [0.1, 0.15) is 11.6 Å². The fraction of sp³-hybridized carbons (Fsp3) is 0.133. The van der Waals surface area contributed by atoms with Crippen LogP contribution in [0.1, 0.15) is 5.56 Å². The Kier molecular flexibility index (Phi) is 3.16. The first-order valence-corrected chi connectivity index (χ1v) is 6.25. The van der Waals surface area contributed by atoms with Crippen LogP contribution in [0.15, 0.2) is 53.3 Å². The zero-order valence-electron chi connectivity index (χ0n) is 11.1. The summed E-state index contributed by atoms with van der Waals surface area (Å²) in [4.78, 5) is 0. The number of nitrogen functional groups attached to an aromatic ring is 1. The summed E-state index contributed by atoms with van der Waals surface area (Å²) in [6.07, 6.45) is 3.27. The Morgan fingerprint density at radius 3 is 2.70 bits per heavy atom. The molecule has 2 N–H and O–H groups in total. The third kappa shape index (κ3) is 2.38. The summed E-state index contributed by atoms with van der Waals surface area (Å²) in [5, 5.41) is 4.49. The van der Waals surface area contributed by atoms with Gasteiger partial charge in [-0.1, -0.05) is 12.1 Å². The topological polar surface area (TPSA) is 66.2 Å². The number of hydrogen-bond acceptors (Lipinski definition) is 4. The van der Waals surface area contributed by atoms with E-state index in [2.05, 4.69) is 5.10 Å². The maximum absolute atomic E-state index is 6.00. The molecule has 0 saturated heterocycles. The van der Waals surface area contributed by atoms with Gasteiger partial charge in [-0.15, -0.1) is 0 Å². The molecule has 3 rings (SSSR count). The molecule has 2 aromatic heterocycles. The van der Waals surface area contributed by atoms with E-state index < -0.39 is 0 Å². The number of aromatic nitrogens is 2. The number of benzene rings is 1. The Morgan fingerprint density at radius 1 is 1.25 bits per heavy atom. The molecule has 5 nitrogen and oxygen atoms in total. The van der Waals surface area contributed by atoms with Gasteiger partial charge < -0.3 is 14.9 Å². The zero-order valence-corrected chi connectivity index (χ0v) is 11.1. The molecule has 2 heterocycles. The summed E-state index contributed by atoms with van der Waals surface area (Å²) in [7, 11) is 1.65. The van der Waals surface area contributed by atoms with Gasteiger partial charge in [0.2, 0.25) is 0 Å². The molecule has 0 saturated carbocycles. The summed E-state index contributed by atoms with van der Waals surface area (Å²) >= 11 is 0. The van der Waals surface area contributed by atoms with Crippen molar-refractivity contribution in [2.45, 2.75) is 6.54 Å². The number of methoxy groups -OCH3 is 1. The van der Waals surface area contributed by atoms with Crippen LogP contribution in [-0.2, 0) is 6.54 Å². The van der Waals surface area contributed by atoms with Crippen molar-refractivity contribution in [2.75, 3.05) is 12.8 Å². The SMILES string of the molecule is COc1ccc(Cn2nc(-c3ccoc3)cc2N)cc1. The fourth-order valence-electron chi connectivity index (χ4n) is 2.01. The first kappa shape index (κ1) is 12.3. The monoisotopic (exact) mass is 269 g/mol. The van der Waals surface area contributed by atoms with Gasteiger partial charge in [-0.05, 0) is 23.8 Å². The van der Waals surface area contributed by atoms with Gasteiger partial charge in [0.15, 0.2) is 0 Å². The Balaban J connectivity index is 1.83. The summed E-state index contributed by atoms with van der Waals surface area (Å²) in [5.74, 6) is 1.46. The summed E-state index contributed by atoms with van der Waals surface area (Å²) in [5.41, 5.74) is 8.84. The zero-order chi connectivity index (χ0) is 13.9. The van der Waals surface area contributed by atoms with Gasteiger partial charge in [0.05, 0.1) is 31.9 Å². The largest absolute Gasteiger partial charge is 0.497 e. The van der Waals surface area contributed by atoms with E-state index in [9.17, 15) is 0 Å². The molecule has 5 heteroatoms. The van der Waals surface area contributed by atoms with E-state index in [1.807, 2.05) is 36.4 Å². The average Bonchev–Trinajstić information content (AvgIpc) is 3.10. The first-order valence-electron chi connectivity index (χ1n) is 6.25. The number of hydrogen-bond donors (Lipinski definition) is 1. The highest BCUT2D eigenvalue weighted by molar-refractivity contribution is 5.60. The lowest BCUT2D eigenvalue weighted by Crippen LogP contribution is -2.05. The first-order chi connectivity index (χ1) is 9.76. The summed E-state index contributed by atoms with van der Waals surface area (Å²) in [6.45, 7) is 0.619. The lowest BCUT2D eigenvalue weighted by atomic mass is 10.2. The second kappa shape index (κ2) is 5.13. The van der Waals surface area contributed by atoms with E-state index >= 15 is 0 Å². The highest BCUT2D eigenvalue weighted by atomic mass is 16.5. The number of rotatable bonds is 4. The van der Waals surface area contributed by atoms with Crippen molar-refractivity contribution >= 4 is 5.82 Å². The molecule has 0 unspecified atom stereocenters. The van der Waals surface area contributed by atoms with Gasteiger partial charge in [-0.2, -0.15) is 5.10 Å². The standard InChI is InChI=1S/C15H15N3O2/c1-19-13-4-2-11(3-5-13)9-18-15(16)8-14(17-18)12-6-7-20-10-12/h2-8,10H,9,16H2,1H3. The molecule has 0 atom stereocenters. The predicted molar refractivity (Wildman–Crippen MR) is 76.4 cm³/mol. The van der Waals surface area contributed by atoms with E-state index in [1.54, 1.807) is 24.3 Å². The van der Waals surface area contributed by atoms with Crippen molar-refractivity contribution in [3.63, 3.8) is 0 Å². The van der Waals surface area contributed by atoms with E-state index in [0.717, 1.165) is 22.6 Å². The molecule has 0 fully saturated rings. The van der Waals surface area contributed by atoms with Crippen LogP contribution in [0.3, 0.4) is 0 Å². The van der Waals surface area contributed by atoms with Gasteiger partial charge >= 0.3 is 0 Å². The Labute approximate surface area is 116 Å². The highest BCUT2D eigenvalue weighted by Crippen LogP contribution is 2.21. The number of nitrogens with two attached hydrogens (primary N) is 1. The maximum Gasteiger partial charge on any atom is 0.122 e. The van der Waals surface area contributed by atoms with Crippen molar-refractivity contribution in [2.24, 2.45) is 0 Å². The van der Waals surface area contributed by atoms with Gasteiger partial charge in [0.25, 0.3) is 0 Å².